The topological polar surface area (TPSA) is 204 Å². The molecule has 16 heteroatoms. The van der Waals surface area contributed by atoms with Crippen molar-refractivity contribution in [2.75, 3.05) is 125 Å². The lowest BCUT2D eigenvalue weighted by molar-refractivity contribution is -0.127. The minimum Gasteiger partial charge on any atom is -0.378 e. The Morgan fingerprint density at radius 1 is 0.500 bits per heavy atom. The summed E-state index contributed by atoms with van der Waals surface area (Å²) in [6.45, 7) is 10.9. The van der Waals surface area contributed by atoms with Crippen LogP contribution in [0, 0.1) is 5.41 Å². The summed E-state index contributed by atoms with van der Waals surface area (Å²) in [5, 5.41) is 8.40. The van der Waals surface area contributed by atoms with Gasteiger partial charge in [-0.05, 0) is 19.3 Å². The van der Waals surface area contributed by atoms with Crippen LogP contribution >= 0.6 is 0 Å². The van der Waals surface area contributed by atoms with Crippen molar-refractivity contribution in [3.8, 4) is 0 Å². The molecular weight excluding hydrogens is 656 g/mol. The van der Waals surface area contributed by atoms with Gasteiger partial charge in [0.05, 0.1) is 105 Å². The summed E-state index contributed by atoms with van der Waals surface area (Å²) in [5.41, 5.74) is 1.01. The van der Waals surface area contributed by atoms with Gasteiger partial charge in [-0.15, -0.1) is 0 Å². The lowest BCUT2D eigenvalue weighted by atomic mass is 9.92. The molecule has 5 N–H and O–H groups in total. The fourth-order valence-electron chi connectivity index (χ4n) is 4.08. The second-order valence-corrected chi connectivity index (χ2v) is 11.3. The molecule has 4 amide bonds. The predicted octanol–water partition coefficient (Wildman–Crippen LogP) is 0.976. The van der Waals surface area contributed by atoms with Gasteiger partial charge in [-0.2, -0.15) is 0 Å². The van der Waals surface area contributed by atoms with Crippen LogP contribution in [0.5, 0.6) is 0 Å². The molecule has 0 fully saturated rings. The Bertz CT molecular complexity index is 777. The largest absolute Gasteiger partial charge is 0.378 e. The summed E-state index contributed by atoms with van der Waals surface area (Å²) < 4.78 is 52.8. The van der Waals surface area contributed by atoms with E-state index in [1.165, 1.54) is 0 Å². The van der Waals surface area contributed by atoms with E-state index in [0.29, 0.717) is 78.5 Å². The first kappa shape index (κ1) is 47.6. The zero-order valence-corrected chi connectivity index (χ0v) is 30.1. The quantitative estimate of drug-likeness (QED) is 0.0662. The second-order valence-electron chi connectivity index (χ2n) is 11.3. The van der Waals surface area contributed by atoms with E-state index in [9.17, 15) is 19.2 Å². The molecule has 0 rings (SSSR count). The van der Waals surface area contributed by atoms with Crippen LogP contribution in [0.3, 0.4) is 0 Å². The Morgan fingerprint density at radius 3 is 1.10 bits per heavy atom. The number of carbonyl (C=O) groups excluding carboxylic acids is 4. The van der Waals surface area contributed by atoms with Crippen molar-refractivity contribution in [3.63, 3.8) is 0 Å². The fourth-order valence-corrected chi connectivity index (χ4v) is 4.08. The molecule has 0 spiro atoms. The minimum atomic E-state index is -0.741. The molecule has 0 aliphatic heterocycles. The molecule has 50 heavy (non-hydrogen) atoms. The highest BCUT2D eigenvalue weighted by molar-refractivity contribution is 5.76. The Kier molecular flexibility index (Phi) is 34.6. The van der Waals surface area contributed by atoms with Crippen LogP contribution < -0.4 is 21.7 Å². The molecule has 0 saturated heterocycles. The van der Waals surface area contributed by atoms with E-state index >= 15 is 0 Å². The highest BCUT2D eigenvalue weighted by Crippen LogP contribution is 2.21. The number of carbonyl (C=O) groups is 4. The van der Waals surface area contributed by atoms with Crippen molar-refractivity contribution in [2.45, 2.75) is 66.7 Å². The normalized spacial score (nSPS) is 11.4. The van der Waals surface area contributed by atoms with E-state index in [0.717, 1.165) is 19.3 Å². The van der Waals surface area contributed by atoms with Gasteiger partial charge in [-0.3, -0.25) is 19.2 Å². The molecule has 0 aliphatic carbocycles. The zero-order chi connectivity index (χ0) is 37.0. The average molecular weight is 727 g/mol. The van der Waals surface area contributed by atoms with Gasteiger partial charge in [0.1, 0.15) is 6.61 Å². The van der Waals surface area contributed by atoms with E-state index in [4.69, 9.17) is 39.3 Å². The summed E-state index contributed by atoms with van der Waals surface area (Å²) in [7, 11) is 0. The molecule has 0 aromatic heterocycles. The highest BCUT2D eigenvalue weighted by atomic mass is 16.6. The molecule has 0 atom stereocenters. The number of hydrogen-bond acceptors (Lipinski definition) is 12. The van der Waals surface area contributed by atoms with Gasteiger partial charge in [0.25, 0.3) is 0 Å². The first-order valence-corrected chi connectivity index (χ1v) is 17.4. The average Bonchev–Trinajstić information content (AvgIpc) is 3.09. The number of rotatable bonds is 37. The van der Waals surface area contributed by atoms with Gasteiger partial charge in [0.2, 0.25) is 23.6 Å². The maximum absolute atomic E-state index is 11.6. The van der Waals surface area contributed by atoms with Gasteiger partial charge in [-0.1, -0.05) is 28.2 Å². The van der Waals surface area contributed by atoms with Gasteiger partial charge >= 0.3 is 0 Å². The number of hydrogen-bond donors (Lipinski definition) is 4. The number of amides is 4. The SMILES string of the molecule is C.[3H]NC(=O)COCCOCC(COCCOCCNC(=O)CCC)(COCCOCCNC(=O)CCC)COCCOCCNC(=O)CCC. The first-order valence-electron chi connectivity index (χ1n) is 17.9. The third-order valence-corrected chi connectivity index (χ3v) is 6.49. The van der Waals surface area contributed by atoms with E-state index in [-0.39, 0.29) is 91.2 Å². The van der Waals surface area contributed by atoms with Crippen LogP contribution in [0.1, 0.15) is 66.7 Å². The van der Waals surface area contributed by atoms with Gasteiger partial charge in [0, 0.05) is 38.9 Å². The molecule has 0 saturated carbocycles. The molecule has 0 aliphatic rings. The van der Waals surface area contributed by atoms with Crippen LogP contribution in [0.4, 0.5) is 0 Å². The van der Waals surface area contributed by atoms with E-state index in [2.05, 4.69) is 16.0 Å². The summed E-state index contributed by atoms with van der Waals surface area (Å²) >= 11 is 0. The van der Waals surface area contributed by atoms with Crippen molar-refractivity contribution in [1.29, 1.82) is 0 Å². The monoisotopic (exact) mass is 726 g/mol. The Morgan fingerprint density at radius 2 is 0.800 bits per heavy atom. The van der Waals surface area contributed by atoms with E-state index < -0.39 is 11.3 Å². The lowest BCUT2D eigenvalue weighted by Crippen LogP contribution is -2.43. The summed E-state index contributed by atoms with van der Waals surface area (Å²) in [6, 6.07) is 0. The van der Waals surface area contributed by atoms with Crippen LogP contribution in [-0.4, -0.2) is 149 Å². The molecule has 0 radical (unpaired) electrons. The van der Waals surface area contributed by atoms with Crippen LogP contribution in [0.15, 0.2) is 0 Å². The number of ether oxygens (including phenoxy) is 8. The molecule has 0 aromatic carbocycles. The molecule has 16 nitrogen and oxygen atoms in total. The zero-order valence-electron chi connectivity index (χ0n) is 31.1. The molecule has 296 valence electrons. The number of primary amides is 1. The van der Waals surface area contributed by atoms with Crippen LogP contribution in [-0.2, 0) is 57.1 Å². The van der Waals surface area contributed by atoms with Gasteiger partial charge in [-0.25, -0.2) is 0 Å². The van der Waals surface area contributed by atoms with Crippen molar-refractivity contribution < 1.29 is 58.5 Å². The molecule has 0 bridgehead atoms. The second kappa shape index (κ2) is 36.4. The van der Waals surface area contributed by atoms with Crippen molar-refractivity contribution in [2.24, 2.45) is 11.1 Å². The maximum atomic E-state index is 11.6. The summed E-state index contributed by atoms with van der Waals surface area (Å²) in [6.07, 6.45) is 3.80. The molecule has 0 aromatic rings. The first-order chi connectivity index (χ1) is 24.3. The van der Waals surface area contributed by atoms with Gasteiger partial charge < -0.3 is 59.6 Å². The third-order valence-electron chi connectivity index (χ3n) is 6.49. The summed E-state index contributed by atoms with van der Waals surface area (Å²) in [5.74, 6) is -0.572. The fraction of sp³-hybridized carbons (Fsp3) is 0.882. The minimum absolute atomic E-state index is 0. The van der Waals surface area contributed by atoms with Crippen molar-refractivity contribution >= 4 is 23.6 Å². The number of nitrogens with one attached hydrogen (secondary N) is 3. The Balaban J connectivity index is 0. The molecule has 0 heterocycles. The maximum Gasteiger partial charge on any atom is 0.243 e. The Labute approximate surface area is 301 Å². The summed E-state index contributed by atoms with van der Waals surface area (Å²) in [4.78, 5) is 46.1. The molecule has 0 unspecified atom stereocenters. The predicted molar refractivity (Wildman–Crippen MR) is 189 cm³/mol. The Hall–Kier alpha value is -2.44. The number of nitrogens with two attached hydrogens (primary N) is 1. The smallest absolute Gasteiger partial charge is 0.243 e. The van der Waals surface area contributed by atoms with Gasteiger partial charge in [0.15, 0.2) is 1.41 Å². The van der Waals surface area contributed by atoms with E-state index in [1.807, 2.05) is 20.8 Å². The van der Waals surface area contributed by atoms with Crippen molar-refractivity contribution in [3.05, 3.63) is 0 Å². The van der Waals surface area contributed by atoms with Crippen LogP contribution in [0.25, 0.3) is 0 Å². The van der Waals surface area contributed by atoms with Crippen LogP contribution in [0.2, 0.25) is 1.41 Å². The highest BCUT2D eigenvalue weighted by Gasteiger charge is 2.32. The van der Waals surface area contributed by atoms with Crippen molar-refractivity contribution in [1.82, 2.24) is 16.0 Å². The third kappa shape index (κ3) is 32.7. The lowest BCUT2D eigenvalue weighted by Gasteiger charge is -2.33. The van der Waals surface area contributed by atoms with E-state index in [1.54, 1.807) is 5.73 Å². The standard InChI is InChI=1S/C33H64N4O12.CH4/c1-4-7-30(39)35-10-13-42-16-20-46-25-33(28-49-23-19-45-24-29(34)38,26-47-21-17-43-14-11-36-31(40)8-5-2)27-48-22-18-44-15-12-37-32(41)9-6-3;/h4-28H2,1-3H3,(H2,34,38)(H,35,39)(H,36,40)(H,37,41);1H4/i/hT. The molecular formula is C34H68N4O12.